The minimum absolute atomic E-state index is 1.14. The van der Waals surface area contributed by atoms with E-state index in [0.29, 0.717) is 0 Å². The Morgan fingerprint density at radius 3 is 1.81 bits per heavy atom. The number of anilines is 3. The van der Waals surface area contributed by atoms with Gasteiger partial charge in [0.05, 0.1) is 0 Å². The number of para-hydroxylation sites is 2. The number of hydrogen-bond acceptors (Lipinski definition) is 1. The SMILES string of the molecule is C=Cc1ccc2cc(N(c3ccccc3C)c3ccccc3C)ccc2c1. The Kier molecular flexibility index (Phi) is 4.52. The number of aryl methyl sites for hydroxylation is 2. The summed E-state index contributed by atoms with van der Waals surface area (Å²) in [5.41, 5.74) is 7.22. The van der Waals surface area contributed by atoms with E-state index in [1.807, 2.05) is 6.08 Å². The fourth-order valence-corrected chi connectivity index (χ4v) is 3.55. The molecular weight excluding hydrogens is 326 g/mol. The van der Waals surface area contributed by atoms with Crippen molar-refractivity contribution >= 4 is 33.9 Å². The molecule has 0 heterocycles. The van der Waals surface area contributed by atoms with Crippen LogP contribution in [0.4, 0.5) is 17.1 Å². The molecule has 0 radical (unpaired) electrons. The third kappa shape index (κ3) is 3.24. The van der Waals surface area contributed by atoms with Crippen LogP contribution in [-0.2, 0) is 0 Å². The number of benzene rings is 4. The molecule has 0 aliphatic carbocycles. The van der Waals surface area contributed by atoms with Crippen LogP contribution in [0, 0.1) is 13.8 Å². The van der Waals surface area contributed by atoms with Gasteiger partial charge in [0.2, 0.25) is 0 Å². The van der Waals surface area contributed by atoms with Crippen molar-refractivity contribution in [3.63, 3.8) is 0 Å². The standard InChI is InChI=1S/C26H23N/c1-4-21-13-14-23-18-24(16-15-22(23)17-21)27(25-11-7-5-9-19(25)2)26-12-8-6-10-20(26)3/h4-18H,1H2,2-3H3. The molecule has 0 bridgehead atoms. The zero-order chi connectivity index (χ0) is 18.8. The molecule has 0 spiro atoms. The van der Waals surface area contributed by atoms with E-state index in [1.54, 1.807) is 0 Å². The van der Waals surface area contributed by atoms with Gasteiger partial charge in [-0.05, 0) is 71.6 Å². The van der Waals surface area contributed by atoms with Gasteiger partial charge >= 0.3 is 0 Å². The van der Waals surface area contributed by atoms with Crippen molar-refractivity contribution in [2.45, 2.75) is 13.8 Å². The largest absolute Gasteiger partial charge is 0.310 e. The average Bonchev–Trinajstić information content (AvgIpc) is 2.70. The van der Waals surface area contributed by atoms with Gasteiger partial charge < -0.3 is 4.90 Å². The summed E-state index contributed by atoms with van der Waals surface area (Å²) in [5, 5.41) is 2.45. The zero-order valence-electron chi connectivity index (χ0n) is 15.8. The van der Waals surface area contributed by atoms with Gasteiger partial charge in [-0.1, -0.05) is 67.3 Å². The summed E-state index contributed by atoms with van der Waals surface area (Å²) >= 11 is 0. The lowest BCUT2D eigenvalue weighted by Crippen LogP contribution is -2.12. The smallest absolute Gasteiger partial charge is 0.0490 e. The number of fused-ring (bicyclic) bond motifs is 1. The van der Waals surface area contributed by atoms with Gasteiger partial charge in [-0.2, -0.15) is 0 Å². The molecule has 0 atom stereocenters. The number of nitrogens with zero attached hydrogens (tertiary/aromatic N) is 1. The van der Waals surface area contributed by atoms with E-state index >= 15 is 0 Å². The number of hydrogen-bond donors (Lipinski definition) is 0. The topological polar surface area (TPSA) is 3.24 Å². The Morgan fingerprint density at radius 2 is 1.22 bits per heavy atom. The van der Waals surface area contributed by atoms with Crippen LogP contribution < -0.4 is 4.90 Å². The van der Waals surface area contributed by atoms with E-state index < -0.39 is 0 Å². The van der Waals surface area contributed by atoms with E-state index in [0.717, 1.165) is 11.3 Å². The Balaban J connectivity index is 1.93. The third-order valence-corrected chi connectivity index (χ3v) is 5.05. The summed E-state index contributed by atoms with van der Waals surface area (Å²) in [5.74, 6) is 0. The van der Waals surface area contributed by atoms with Crippen molar-refractivity contribution in [1.82, 2.24) is 0 Å². The van der Waals surface area contributed by atoms with Crippen LogP contribution in [0.15, 0.2) is 91.5 Å². The molecule has 1 heteroatoms. The molecule has 132 valence electrons. The van der Waals surface area contributed by atoms with E-state index in [-0.39, 0.29) is 0 Å². The first-order valence-corrected chi connectivity index (χ1v) is 9.25. The van der Waals surface area contributed by atoms with Crippen LogP contribution in [0.2, 0.25) is 0 Å². The molecule has 4 rings (SSSR count). The first-order chi connectivity index (χ1) is 13.2. The second kappa shape index (κ2) is 7.13. The molecule has 4 aromatic rings. The molecule has 27 heavy (non-hydrogen) atoms. The van der Waals surface area contributed by atoms with Crippen LogP contribution in [-0.4, -0.2) is 0 Å². The van der Waals surface area contributed by atoms with Crippen LogP contribution >= 0.6 is 0 Å². The maximum Gasteiger partial charge on any atom is 0.0490 e. The van der Waals surface area contributed by atoms with Crippen molar-refractivity contribution in [1.29, 1.82) is 0 Å². The molecule has 0 unspecified atom stereocenters. The van der Waals surface area contributed by atoms with E-state index in [4.69, 9.17) is 0 Å². The summed E-state index contributed by atoms with van der Waals surface area (Å²) in [4.78, 5) is 2.35. The average molecular weight is 349 g/mol. The molecule has 0 fully saturated rings. The van der Waals surface area contributed by atoms with Crippen molar-refractivity contribution in [2.75, 3.05) is 4.90 Å². The first kappa shape index (κ1) is 17.1. The molecule has 1 nitrogen and oxygen atoms in total. The molecule has 0 aliphatic heterocycles. The predicted molar refractivity (Wildman–Crippen MR) is 118 cm³/mol. The quantitative estimate of drug-likeness (QED) is 0.367. The van der Waals surface area contributed by atoms with E-state index in [1.165, 1.54) is 33.3 Å². The fourth-order valence-electron chi connectivity index (χ4n) is 3.55. The summed E-state index contributed by atoms with van der Waals surface area (Å²) in [6.07, 6.45) is 1.89. The second-order valence-electron chi connectivity index (χ2n) is 6.90. The molecular formula is C26H23N. The Bertz CT molecular complexity index is 1080. The highest BCUT2D eigenvalue weighted by molar-refractivity contribution is 5.91. The molecule has 0 aliphatic rings. The third-order valence-electron chi connectivity index (χ3n) is 5.05. The van der Waals surface area contributed by atoms with Gasteiger partial charge in [-0.3, -0.25) is 0 Å². The minimum atomic E-state index is 1.14. The van der Waals surface area contributed by atoms with Gasteiger partial charge in [0.15, 0.2) is 0 Å². The highest BCUT2D eigenvalue weighted by Gasteiger charge is 2.16. The summed E-state index contributed by atoms with van der Waals surface area (Å²) in [6.45, 7) is 8.20. The molecule has 0 saturated heterocycles. The van der Waals surface area contributed by atoms with Crippen molar-refractivity contribution in [3.05, 3.63) is 108 Å². The fraction of sp³-hybridized carbons (Fsp3) is 0.0769. The van der Waals surface area contributed by atoms with E-state index in [9.17, 15) is 0 Å². The van der Waals surface area contributed by atoms with Crippen LogP contribution in [0.1, 0.15) is 16.7 Å². The van der Waals surface area contributed by atoms with Crippen LogP contribution in [0.5, 0.6) is 0 Å². The Hall–Kier alpha value is -3.32. The maximum absolute atomic E-state index is 3.87. The normalized spacial score (nSPS) is 10.7. The number of rotatable bonds is 4. The Morgan fingerprint density at radius 1 is 0.667 bits per heavy atom. The highest BCUT2D eigenvalue weighted by atomic mass is 15.1. The molecule has 0 aromatic heterocycles. The minimum Gasteiger partial charge on any atom is -0.310 e. The second-order valence-corrected chi connectivity index (χ2v) is 6.90. The lowest BCUT2D eigenvalue weighted by atomic mass is 10.0. The van der Waals surface area contributed by atoms with Gasteiger partial charge in [0, 0.05) is 17.1 Å². The van der Waals surface area contributed by atoms with Gasteiger partial charge in [0.25, 0.3) is 0 Å². The first-order valence-electron chi connectivity index (χ1n) is 9.25. The van der Waals surface area contributed by atoms with Crippen molar-refractivity contribution in [3.8, 4) is 0 Å². The Labute approximate surface area is 161 Å². The van der Waals surface area contributed by atoms with Gasteiger partial charge in [-0.25, -0.2) is 0 Å². The van der Waals surface area contributed by atoms with Crippen LogP contribution in [0.3, 0.4) is 0 Å². The van der Waals surface area contributed by atoms with Gasteiger partial charge in [0.1, 0.15) is 0 Å². The van der Waals surface area contributed by atoms with E-state index in [2.05, 4.69) is 110 Å². The summed E-state index contributed by atoms with van der Waals surface area (Å²) in [6, 6.07) is 30.2. The predicted octanol–water partition coefficient (Wildman–Crippen LogP) is 7.57. The monoisotopic (exact) mass is 349 g/mol. The summed E-state index contributed by atoms with van der Waals surface area (Å²) < 4.78 is 0. The maximum atomic E-state index is 3.87. The molecule has 0 N–H and O–H groups in total. The zero-order valence-corrected chi connectivity index (χ0v) is 15.8. The van der Waals surface area contributed by atoms with Crippen molar-refractivity contribution in [2.24, 2.45) is 0 Å². The van der Waals surface area contributed by atoms with Crippen LogP contribution in [0.25, 0.3) is 16.8 Å². The molecule has 4 aromatic carbocycles. The highest BCUT2D eigenvalue weighted by Crippen LogP contribution is 2.39. The lowest BCUT2D eigenvalue weighted by Gasteiger charge is -2.28. The summed E-state index contributed by atoms with van der Waals surface area (Å²) in [7, 11) is 0. The molecule has 0 amide bonds. The lowest BCUT2D eigenvalue weighted by molar-refractivity contribution is 1.23. The molecule has 0 saturated carbocycles. The van der Waals surface area contributed by atoms with Crippen molar-refractivity contribution < 1.29 is 0 Å². The van der Waals surface area contributed by atoms with Gasteiger partial charge in [-0.15, -0.1) is 0 Å².